The van der Waals surface area contributed by atoms with Crippen LogP contribution >= 0.6 is 0 Å². The summed E-state index contributed by atoms with van der Waals surface area (Å²) < 4.78 is 21.3. The van der Waals surface area contributed by atoms with E-state index in [1.165, 1.54) is 19.3 Å². The van der Waals surface area contributed by atoms with Crippen molar-refractivity contribution in [2.24, 2.45) is 0 Å². The van der Waals surface area contributed by atoms with Gasteiger partial charge in [-0.2, -0.15) is 5.26 Å². The lowest BCUT2D eigenvalue weighted by Gasteiger charge is -2.13. The van der Waals surface area contributed by atoms with Gasteiger partial charge >= 0.3 is 11.6 Å². The molecule has 0 atom stereocenters. The van der Waals surface area contributed by atoms with Crippen LogP contribution < -0.4 is 15.1 Å². The van der Waals surface area contributed by atoms with Crippen molar-refractivity contribution in [3.63, 3.8) is 0 Å². The van der Waals surface area contributed by atoms with Crippen molar-refractivity contribution in [1.82, 2.24) is 0 Å². The van der Waals surface area contributed by atoms with Crippen molar-refractivity contribution in [2.45, 2.75) is 33.3 Å². The monoisotopic (exact) mass is 447 g/mol. The molecule has 170 valence electrons. The number of fused-ring (bicyclic) bond motifs is 1. The summed E-state index contributed by atoms with van der Waals surface area (Å²) in [5.74, 6) is 0.619. The fraction of sp³-hybridized carbons (Fsp3) is 0.269. The van der Waals surface area contributed by atoms with Gasteiger partial charge in [-0.1, -0.05) is 19.9 Å². The molecule has 7 nitrogen and oxygen atoms in total. The number of esters is 1. The van der Waals surface area contributed by atoms with Crippen molar-refractivity contribution in [3.05, 3.63) is 75.1 Å². The average molecular weight is 447 g/mol. The van der Waals surface area contributed by atoms with Crippen molar-refractivity contribution < 1.29 is 23.4 Å². The minimum absolute atomic E-state index is 0.0594. The topological polar surface area (TPSA) is 98.8 Å². The minimum Gasteiger partial charge on any atom is -0.493 e. The number of methoxy groups -OCH3 is 1. The van der Waals surface area contributed by atoms with E-state index in [1.807, 2.05) is 25.1 Å². The second kappa shape index (κ2) is 10.5. The summed E-state index contributed by atoms with van der Waals surface area (Å²) in [4.78, 5) is 24.3. The summed E-state index contributed by atoms with van der Waals surface area (Å²) in [5, 5.41) is 9.39. The Balaban J connectivity index is 1.76. The normalized spacial score (nSPS) is 11.0. The van der Waals surface area contributed by atoms with Crippen molar-refractivity contribution in [1.29, 1.82) is 5.26 Å². The van der Waals surface area contributed by atoms with Gasteiger partial charge in [0.1, 0.15) is 18.3 Å². The quantitative estimate of drug-likeness (QED) is 0.275. The third kappa shape index (κ3) is 5.80. The Labute approximate surface area is 191 Å². The Hall–Kier alpha value is -4.05. The first kappa shape index (κ1) is 23.6. The molecule has 2 aromatic carbocycles. The van der Waals surface area contributed by atoms with E-state index in [4.69, 9.17) is 23.9 Å². The summed E-state index contributed by atoms with van der Waals surface area (Å²) in [6.07, 6.45) is 2.87. The van der Waals surface area contributed by atoms with Gasteiger partial charge in [0.25, 0.3) is 0 Å². The highest BCUT2D eigenvalue weighted by molar-refractivity contribution is 5.88. The zero-order chi connectivity index (χ0) is 24.0. The van der Waals surface area contributed by atoms with Crippen LogP contribution in [0.15, 0.2) is 51.7 Å². The molecule has 0 N–H and O–H groups in total. The molecule has 0 saturated carbocycles. The van der Waals surface area contributed by atoms with Crippen LogP contribution in [0.25, 0.3) is 17.0 Å². The van der Waals surface area contributed by atoms with E-state index >= 15 is 0 Å². The van der Waals surface area contributed by atoms with Crippen LogP contribution in [-0.4, -0.2) is 19.7 Å². The molecule has 1 heterocycles. The van der Waals surface area contributed by atoms with E-state index in [0.29, 0.717) is 34.1 Å². The van der Waals surface area contributed by atoms with E-state index in [1.54, 1.807) is 24.3 Å². The third-order valence-corrected chi connectivity index (χ3v) is 5.10. The highest BCUT2D eigenvalue weighted by Crippen LogP contribution is 2.29. The molecule has 0 saturated heterocycles. The van der Waals surface area contributed by atoms with E-state index in [0.717, 1.165) is 16.5 Å². The number of nitriles is 1. The molecule has 33 heavy (non-hydrogen) atoms. The molecule has 0 amide bonds. The fourth-order valence-corrected chi connectivity index (χ4v) is 3.51. The molecule has 3 aromatic rings. The molecule has 0 aliphatic carbocycles. The maximum Gasteiger partial charge on any atom is 0.336 e. The van der Waals surface area contributed by atoms with Gasteiger partial charge < -0.3 is 18.6 Å². The van der Waals surface area contributed by atoms with Crippen molar-refractivity contribution in [2.75, 3.05) is 13.7 Å². The number of rotatable bonds is 8. The minimum atomic E-state index is -0.559. The standard InChI is InChI=1S/C26H25NO6/c1-16(2)20-14-21-19(13-26(29)33-23(21)11-17(20)3)15-32-25(28)8-6-18-5-7-22(31-10-9-27)24(12-18)30-4/h5-8,11-14,16H,10,15H2,1-4H3/b8-6+. The molecule has 0 fully saturated rings. The summed E-state index contributed by atoms with van der Waals surface area (Å²) in [6, 6.07) is 12.1. The van der Waals surface area contributed by atoms with Crippen LogP contribution in [0.4, 0.5) is 0 Å². The number of carbonyl (C=O) groups excluding carboxylic acids is 1. The van der Waals surface area contributed by atoms with Gasteiger partial charge in [0, 0.05) is 23.1 Å². The van der Waals surface area contributed by atoms with Gasteiger partial charge in [-0.25, -0.2) is 9.59 Å². The Bertz CT molecular complexity index is 1300. The Morgan fingerprint density at radius 3 is 2.67 bits per heavy atom. The zero-order valence-corrected chi connectivity index (χ0v) is 19.0. The molecule has 1 aromatic heterocycles. The number of carbonyl (C=O) groups is 1. The van der Waals surface area contributed by atoms with Gasteiger partial charge in [0.2, 0.25) is 0 Å². The summed E-state index contributed by atoms with van der Waals surface area (Å²) in [7, 11) is 1.49. The fourth-order valence-electron chi connectivity index (χ4n) is 3.51. The predicted molar refractivity (Wildman–Crippen MR) is 124 cm³/mol. The lowest BCUT2D eigenvalue weighted by molar-refractivity contribution is -0.138. The summed E-state index contributed by atoms with van der Waals surface area (Å²) in [5.41, 5.74) is 3.43. The molecule has 0 aliphatic heterocycles. The van der Waals surface area contributed by atoms with Crippen LogP contribution in [0, 0.1) is 18.3 Å². The maximum atomic E-state index is 12.3. The second-order valence-corrected chi connectivity index (χ2v) is 7.75. The van der Waals surface area contributed by atoms with E-state index in [-0.39, 0.29) is 13.2 Å². The number of hydrogen-bond donors (Lipinski definition) is 0. The van der Waals surface area contributed by atoms with Crippen LogP contribution in [-0.2, 0) is 16.1 Å². The zero-order valence-electron chi connectivity index (χ0n) is 19.0. The molecule has 0 spiro atoms. The predicted octanol–water partition coefficient (Wildman–Crippen LogP) is 4.89. The maximum absolute atomic E-state index is 12.3. The lowest BCUT2D eigenvalue weighted by atomic mass is 9.95. The SMILES string of the molecule is COc1cc(/C=C/C(=O)OCc2cc(=O)oc3cc(C)c(C(C)C)cc23)ccc1OCC#N. The number of aryl methyl sites for hydroxylation is 1. The number of nitrogens with zero attached hydrogens (tertiary/aromatic N) is 1. The van der Waals surface area contributed by atoms with Gasteiger partial charge in [-0.15, -0.1) is 0 Å². The lowest BCUT2D eigenvalue weighted by Crippen LogP contribution is -2.06. The highest BCUT2D eigenvalue weighted by Gasteiger charge is 2.12. The Morgan fingerprint density at radius 1 is 1.18 bits per heavy atom. The Kier molecular flexibility index (Phi) is 7.52. The first-order chi connectivity index (χ1) is 15.8. The molecule has 0 radical (unpaired) electrons. The molecule has 3 rings (SSSR count). The second-order valence-electron chi connectivity index (χ2n) is 7.75. The average Bonchev–Trinajstić information content (AvgIpc) is 2.79. The number of benzene rings is 2. The van der Waals surface area contributed by atoms with Crippen LogP contribution in [0.2, 0.25) is 0 Å². The van der Waals surface area contributed by atoms with Crippen molar-refractivity contribution in [3.8, 4) is 17.6 Å². The smallest absolute Gasteiger partial charge is 0.336 e. The van der Waals surface area contributed by atoms with E-state index < -0.39 is 11.6 Å². The Morgan fingerprint density at radius 2 is 1.97 bits per heavy atom. The number of ether oxygens (including phenoxy) is 3. The molecule has 0 bridgehead atoms. The first-order valence-electron chi connectivity index (χ1n) is 10.4. The van der Waals surface area contributed by atoms with E-state index in [9.17, 15) is 9.59 Å². The highest BCUT2D eigenvalue weighted by atomic mass is 16.5. The van der Waals surface area contributed by atoms with Crippen molar-refractivity contribution >= 4 is 23.0 Å². The van der Waals surface area contributed by atoms with Gasteiger partial charge in [-0.05, 0) is 59.9 Å². The summed E-state index contributed by atoms with van der Waals surface area (Å²) in [6.45, 7) is 6.01. The molecular weight excluding hydrogens is 422 g/mol. The summed E-state index contributed by atoms with van der Waals surface area (Å²) >= 11 is 0. The van der Waals surface area contributed by atoms with Crippen LogP contribution in [0.3, 0.4) is 0 Å². The van der Waals surface area contributed by atoms with Gasteiger partial charge in [-0.3, -0.25) is 0 Å². The molecular formula is C26H25NO6. The third-order valence-electron chi connectivity index (χ3n) is 5.10. The van der Waals surface area contributed by atoms with Crippen LogP contribution in [0.5, 0.6) is 11.5 Å². The van der Waals surface area contributed by atoms with Gasteiger partial charge in [0.05, 0.1) is 7.11 Å². The largest absolute Gasteiger partial charge is 0.493 e. The number of hydrogen-bond acceptors (Lipinski definition) is 7. The molecule has 7 heteroatoms. The first-order valence-corrected chi connectivity index (χ1v) is 10.4. The van der Waals surface area contributed by atoms with E-state index in [2.05, 4.69) is 13.8 Å². The molecule has 0 aliphatic rings. The molecule has 0 unspecified atom stereocenters. The van der Waals surface area contributed by atoms with Crippen LogP contribution in [0.1, 0.15) is 42.0 Å². The van der Waals surface area contributed by atoms with Gasteiger partial charge in [0.15, 0.2) is 18.1 Å².